The zero-order chi connectivity index (χ0) is 14.7. The van der Waals surface area contributed by atoms with Crippen LogP contribution in [0, 0.1) is 0 Å². The van der Waals surface area contributed by atoms with Gasteiger partial charge in [0.2, 0.25) is 0 Å². The second kappa shape index (κ2) is 6.83. The summed E-state index contributed by atoms with van der Waals surface area (Å²) in [5.74, 6) is 6.24. The van der Waals surface area contributed by atoms with Crippen molar-refractivity contribution in [1.29, 1.82) is 0 Å². The zero-order valence-corrected chi connectivity index (χ0v) is 12.8. The first-order chi connectivity index (χ1) is 10.3. The highest BCUT2D eigenvalue weighted by atomic mass is 16.5. The number of rotatable bonds is 5. The van der Waals surface area contributed by atoms with Crippen molar-refractivity contribution in [3.63, 3.8) is 0 Å². The molecule has 1 saturated heterocycles. The Morgan fingerprint density at radius 1 is 1.57 bits per heavy atom. The number of hydrazine groups is 1. The Morgan fingerprint density at radius 2 is 2.48 bits per heavy atom. The lowest BCUT2D eigenvalue weighted by Gasteiger charge is -2.38. The van der Waals surface area contributed by atoms with Gasteiger partial charge < -0.3 is 4.74 Å². The molecule has 2 heterocycles. The smallest absolute Gasteiger partial charge is 0.0875 e. The monoisotopic (exact) mass is 290 g/mol. The van der Waals surface area contributed by atoms with Crippen LogP contribution in [0.1, 0.15) is 36.9 Å². The molecule has 116 valence electrons. The Labute approximate surface area is 126 Å². The Balaban J connectivity index is 1.73. The first-order valence-electron chi connectivity index (χ1n) is 8.07. The molecule has 21 heavy (non-hydrogen) atoms. The van der Waals surface area contributed by atoms with Gasteiger partial charge in [-0.25, -0.2) is 0 Å². The van der Waals surface area contributed by atoms with Crippen LogP contribution in [-0.4, -0.2) is 48.3 Å². The minimum absolute atomic E-state index is 0.140. The van der Waals surface area contributed by atoms with E-state index >= 15 is 0 Å². The van der Waals surface area contributed by atoms with Gasteiger partial charge in [0, 0.05) is 30.9 Å². The number of hydrogen-bond donors (Lipinski definition) is 2. The van der Waals surface area contributed by atoms with E-state index in [2.05, 4.69) is 28.3 Å². The number of aromatic nitrogens is 1. The van der Waals surface area contributed by atoms with Gasteiger partial charge in [0.25, 0.3) is 0 Å². The summed E-state index contributed by atoms with van der Waals surface area (Å²) >= 11 is 0. The van der Waals surface area contributed by atoms with Crippen LogP contribution in [0.25, 0.3) is 0 Å². The average molecular weight is 290 g/mol. The molecule has 1 fully saturated rings. The summed E-state index contributed by atoms with van der Waals surface area (Å²) in [6, 6.07) is 4.34. The SMILES string of the molecule is CCCN1CCOC(C(NN)C2CCc3cccnc32)C1. The summed E-state index contributed by atoms with van der Waals surface area (Å²) < 4.78 is 6.02. The average Bonchev–Trinajstić information content (AvgIpc) is 2.93. The third-order valence-electron chi connectivity index (χ3n) is 4.75. The summed E-state index contributed by atoms with van der Waals surface area (Å²) in [4.78, 5) is 7.07. The molecule has 0 saturated carbocycles. The lowest BCUT2D eigenvalue weighted by atomic mass is 9.92. The van der Waals surface area contributed by atoms with Crippen molar-refractivity contribution < 1.29 is 4.74 Å². The predicted molar refractivity (Wildman–Crippen MR) is 82.9 cm³/mol. The minimum Gasteiger partial charge on any atom is -0.374 e. The largest absolute Gasteiger partial charge is 0.374 e. The number of pyridine rings is 1. The van der Waals surface area contributed by atoms with Gasteiger partial charge in [0.15, 0.2) is 0 Å². The lowest BCUT2D eigenvalue weighted by Crippen LogP contribution is -2.56. The van der Waals surface area contributed by atoms with Crippen molar-refractivity contribution in [2.24, 2.45) is 5.84 Å². The summed E-state index contributed by atoms with van der Waals surface area (Å²) in [5.41, 5.74) is 5.60. The number of hydrogen-bond acceptors (Lipinski definition) is 5. The maximum atomic E-state index is 6.02. The summed E-state index contributed by atoms with van der Waals surface area (Å²) in [7, 11) is 0. The van der Waals surface area contributed by atoms with Crippen LogP contribution in [0.3, 0.4) is 0 Å². The van der Waals surface area contributed by atoms with E-state index in [-0.39, 0.29) is 12.1 Å². The van der Waals surface area contributed by atoms with E-state index in [1.807, 2.05) is 12.3 Å². The van der Waals surface area contributed by atoms with E-state index < -0.39 is 0 Å². The maximum Gasteiger partial charge on any atom is 0.0875 e. The van der Waals surface area contributed by atoms with Crippen LogP contribution in [0.4, 0.5) is 0 Å². The Hall–Kier alpha value is -1.01. The zero-order valence-electron chi connectivity index (χ0n) is 12.8. The number of aryl methyl sites for hydroxylation is 1. The van der Waals surface area contributed by atoms with Crippen molar-refractivity contribution in [3.8, 4) is 0 Å². The van der Waals surface area contributed by atoms with Crippen LogP contribution >= 0.6 is 0 Å². The van der Waals surface area contributed by atoms with Gasteiger partial charge in [0.05, 0.1) is 18.8 Å². The Morgan fingerprint density at radius 3 is 3.29 bits per heavy atom. The van der Waals surface area contributed by atoms with E-state index in [4.69, 9.17) is 10.6 Å². The third-order valence-corrected chi connectivity index (χ3v) is 4.75. The molecule has 1 aliphatic carbocycles. The van der Waals surface area contributed by atoms with Gasteiger partial charge in [-0.15, -0.1) is 0 Å². The quantitative estimate of drug-likeness (QED) is 0.627. The van der Waals surface area contributed by atoms with Gasteiger partial charge in [-0.3, -0.25) is 21.2 Å². The van der Waals surface area contributed by atoms with E-state index in [0.29, 0.717) is 5.92 Å². The van der Waals surface area contributed by atoms with Crippen molar-refractivity contribution in [1.82, 2.24) is 15.3 Å². The van der Waals surface area contributed by atoms with E-state index in [0.717, 1.165) is 39.1 Å². The number of morpholine rings is 1. The molecule has 0 bridgehead atoms. The molecule has 3 unspecified atom stereocenters. The molecule has 5 heteroatoms. The number of fused-ring (bicyclic) bond motifs is 1. The topological polar surface area (TPSA) is 63.4 Å². The van der Waals surface area contributed by atoms with Gasteiger partial charge >= 0.3 is 0 Å². The molecule has 3 rings (SSSR count). The van der Waals surface area contributed by atoms with Crippen molar-refractivity contribution in [3.05, 3.63) is 29.6 Å². The Kier molecular flexibility index (Phi) is 4.85. The van der Waals surface area contributed by atoms with E-state index in [1.165, 1.54) is 17.7 Å². The van der Waals surface area contributed by atoms with Crippen LogP contribution in [0.2, 0.25) is 0 Å². The molecule has 0 aromatic carbocycles. The minimum atomic E-state index is 0.140. The fourth-order valence-electron chi connectivity index (χ4n) is 3.74. The van der Waals surface area contributed by atoms with Crippen LogP contribution in [0.5, 0.6) is 0 Å². The molecular formula is C16H26N4O. The van der Waals surface area contributed by atoms with Crippen molar-refractivity contribution in [2.45, 2.75) is 44.2 Å². The molecule has 1 aromatic rings. The number of nitrogens with zero attached hydrogens (tertiary/aromatic N) is 2. The second-order valence-electron chi connectivity index (χ2n) is 6.10. The summed E-state index contributed by atoms with van der Waals surface area (Å²) in [5, 5.41) is 0. The van der Waals surface area contributed by atoms with Crippen LogP contribution in [-0.2, 0) is 11.2 Å². The molecular weight excluding hydrogens is 264 g/mol. The van der Waals surface area contributed by atoms with Gasteiger partial charge in [-0.2, -0.15) is 0 Å². The summed E-state index contributed by atoms with van der Waals surface area (Å²) in [6.07, 6.45) is 5.41. The molecule has 1 aromatic heterocycles. The van der Waals surface area contributed by atoms with Gasteiger partial charge in [0.1, 0.15) is 0 Å². The van der Waals surface area contributed by atoms with Crippen LogP contribution < -0.4 is 11.3 Å². The fraction of sp³-hybridized carbons (Fsp3) is 0.688. The van der Waals surface area contributed by atoms with Gasteiger partial charge in [-0.1, -0.05) is 13.0 Å². The van der Waals surface area contributed by atoms with E-state index in [1.54, 1.807) is 0 Å². The molecule has 3 N–H and O–H groups in total. The second-order valence-corrected chi connectivity index (χ2v) is 6.10. The van der Waals surface area contributed by atoms with E-state index in [9.17, 15) is 0 Å². The highest BCUT2D eigenvalue weighted by molar-refractivity contribution is 5.30. The first-order valence-corrected chi connectivity index (χ1v) is 8.07. The standard InChI is InChI=1S/C16H26N4O/c1-2-8-20-9-10-21-14(11-20)16(19-17)13-6-5-12-4-3-7-18-15(12)13/h3-4,7,13-14,16,19H,2,5-6,8-11,17H2,1H3. The third kappa shape index (κ3) is 3.11. The molecule has 0 spiro atoms. The highest BCUT2D eigenvalue weighted by Crippen LogP contribution is 2.35. The Bertz CT molecular complexity index is 465. The molecule has 0 amide bonds. The normalized spacial score (nSPS) is 27.5. The van der Waals surface area contributed by atoms with Crippen molar-refractivity contribution >= 4 is 0 Å². The fourth-order valence-corrected chi connectivity index (χ4v) is 3.74. The number of ether oxygens (including phenoxy) is 1. The molecule has 2 aliphatic rings. The highest BCUT2D eigenvalue weighted by Gasteiger charge is 2.37. The molecule has 5 nitrogen and oxygen atoms in total. The number of nitrogens with one attached hydrogen (secondary N) is 1. The lowest BCUT2D eigenvalue weighted by molar-refractivity contribution is -0.0510. The molecule has 1 aliphatic heterocycles. The van der Waals surface area contributed by atoms with Crippen molar-refractivity contribution in [2.75, 3.05) is 26.2 Å². The predicted octanol–water partition coefficient (Wildman–Crippen LogP) is 1.05. The first kappa shape index (κ1) is 14.9. The van der Waals surface area contributed by atoms with Crippen LogP contribution in [0.15, 0.2) is 18.3 Å². The maximum absolute atomic E-state index is 6.02. The van der Waals surface area contributed by atoms with Gasteiger partial charge in [-0.05, 0) is 37.4 Å². The molecule has 0 radical (unpaired) electrons. The summed E-state index contributed by atoms with van der Waals surface area (Å²) in [6.45, 7) is 6.14. The molecule has 3 atom stereocenters. The number of nitrogens with two attached hydrogens (primary N) is 1.